The Kier molecular flexibility index (Phi) is 47.3. The summed E-state index contributed by atoms with van der Waals surface area (Å²) in [6, 6.07) is 43.0. The van der Waals surface area contributed by atoms with Crippen molar-refractivity contribution in [3.8, 4) is 0 Å². The van der Waals surface area contributed by atoms with E-state index in [1.54, 1.807) is 117 Å². The maximum atomic E-state index is 13.6. The number of aryl methyl sites for hydroxylation is 3. The first-order valence-corrected chi connectivity index (χ1v) is 31.8. The number of rotatable bonds is 23. The Labute approximate surface area is 607 Å². The van der Waals surface area contributed by atoms with Crippen molar-refractivity contribution < 1.29 is 84.2 Å². The van der Waals surface area contributed by atoms with E-state index in [-0.39, 0.29) is 49.9 Å². The number of carboxylic acids is 1. The Morgan fingerprint density at radius 1 is 0.500 bits per heavy atom. The number of carbonyl (C=O) groups excluding carboxylic acids is 10. The van der Waals surface area contributed by atoms with E-state index in [0.717, 1.165) is 76.5 Å². The molecular weight excluding hydrogens is 1390 g/mol. The molecule has 0 radical (unpaired) electrons. The lowest BCUT2D eigenvalue weighted by Crippen LogP contribution is -2.49. The molecule has 0 aliphatic heterocycles. The minimum Gasteiger partial charge on any atom is -0.475 e. The third-order valence-electron chi connectivity index (χ3n) is 13.7. The van der Waals surface area contributed by atoms with E-state index >= 15 is 0 Å². The van der Waals surface area contributed by atoms with Gasteiger partial charge in [0.25, 0.3) is 0 Å². The number of nitrogens with one attached hydrogen (secondary N) is 3. The molecular formula is C76H78F6N12O12. The highest BCUT2D eigenvalue weighted by Gasteiger charge is 2.46. The Bertz CT molecular complexity index is 4070. The molecule has 0 saturated heterocycles. The predicted molar refractivity (Wildman–Crippen MR) is 373 cm³/mol. The van der Waals surface area contributed by atoms with E-state index in [1.807, 2.05) is 111 Å². The van der Waals surface area contributed by atoms with Crippen LogP contribution in [0.1, 0.15) is 83.6 Å². The minimum atomic E-state index is -5.13. The summed E-state index contributed by atoms with van der Waals surface area (Å²) in [5.74, 6) is -5.51. The number of amides is 3. The number of nitrogens with zero attached hydrogens (tertiary/aromatic N) is 8. The Morgan fingerprint density at radius 3 is 1.26 bits per heavy atom. The molecule has 106 heavy (non-hydrogen) atoms. The maximum Gasteiger partial charge on any atom is 0.490 e. The van der Waals surface area contributed by atoms with E-state index in [2.05, 4.69) is 56.8 Å². The molecule has 6 N–H and O–H groups in total. The summed E-state index contributed by atoms with van der Waals surface area (Å²) in [6.07, 6.45) is 15.9. The molecule has 0 spiro atoms. The zero-order valence-electron chi connectivity index (χ0n) is 57.9. The summed E-state index contributed by atoms with van der Waals surface area (Å²) in [4.78, 5) is 134. The molecule has 3 aromatic carbocycles. The molecule has 6 aromatic heterocycles. The zero-order chi connectivity index (χ0) is 78.8. The highest BCUT2D eigenvalue weighted by atomic mass is 19.4. The molecule has 30 heteroatoms. The predicted octanol–water partition coefficient (Wildman–Crippen LogP) is 9.65. The molecule has 3 amide bonds. The van der Waals surface area contributed by atoms with Crippen molar-refractivity contribution in [1.82, 2.24) is 50.8 Å². The van der Waals surface area contributed by atoms with Crippen molar-refractivity contribution in [3.05, 3.63) is 298 Å². The zero-order valence-corrected chi connectivity index (χ0v) is 57.9. The van der Waals surface area contributed by atoms with Gasteiger partial charge in [0.15, 0.2) is 0 Å². The van der Waals surface area contributed by atoms with E-state index in [9.17, 15) is 45.5 Å². The number of benzene rings is 3. The second-order valence-corrected chi connectivity index (χ2v) is 21.6. The van der Waals surface area contributed by atoms with Crippen molar-refractivity contribution in [2.24, 2.45) is 5.73 Å². The van der Waals surface area contributed by atoms with Gasteiger partial charge in [-0.05, 0) is 165 Å². The molecule has 0 saturated carbocycles. The summed E-state index contributed by atoms with van der Waals surface area (Å²) < 4.78 is 72.5. The van der Waals surface area contributed by atoms with Crippen LogP contribution in [0, 0.1) is 27.3 Å². The average molecular weight is 1470 g/mol. The lowest BCUT2D eigenvalue weighted by molar-refractivity contribution is -0.193. The van der Waals surface area contributed by atoms with Crippen LogP contribution in [0.15, 0.2) is 220 Å². The van der Waals surface area contributed by atoms with Gasteiger partial charge in [0, 0.05) is 113 Å². The molecule has 2 atom stereocenters. The normalized spacial score (nSPS) is 10.3. The highest BCUT2D eigenvalue weighted by molar-refractivity contribution is 5.91. The number of hydrogen-bond donors (Lipinski definition) is 5. The lowest BCUT2D eigenvalue weighted by atomic mass is 10.0. The number of halogens is 6. The van der Waals surface area contributed by atoms with Crippen molar-refractivity contribution in [2.45, 2.75) is 83.7 Å². The van der Waals surface area contributed by atoms with Gasteiger partial charge < -0.3 is 36.5 Å². The number of hydrogen-bond acceptors (Lipinski definition) is 19. The lowest BCUT2D eigenvalue weighted by Gasteiger charge is -2.32. The molecule has 0 bridgehead atoms. The Hall–Kier alpha value is -12.8. The molecule has 0 aliphatic carbocycles. The van der Waals surface area contributed by atoms with E-state index < -0.39 is 36.2 Å². The van der Waals surface area contributed by atoms with Crippen LogP contribution in [-0.2, 0) is 86.5 Å². The Balaban J connectivity index is 0.000000685. The fourth-order valence-electron chi connectivity index (χ4n) is 8.89. The second kappa shape index (κ2) is 54.9. The topological polar surface area (TPSA) is 355 Å². The molecule has 9 aromatic rings. The standard InChI is InChI=1S/C25H25F3N4O2.C23H26N4O.C8H8N2.C8H8O.C7H10N2.C2HF3O2.3CO2/c1-18-4-2-6-21(16-18)22(23(33)31-14-9-19-7-12-29-13-8-19)32(24(34)25(26,27)28)15-10-20-5-3-11-30-17-20;1-18-4-2-6-21(16-18)22(26-14-10-20-5-3-11-25-17-20)23(28)27-15-9-19-7-12-24-13-8-19;1-9-5-2-8-3-6-10-7-4-8;1-7-3-2-4-8(5-7)6-9;8-4-3-7-2-1-5-9-6-7;3-2(4,5)1(6)7;3*2-1-3/h2-8,11-13,16-17,22H,9-10,14-15H2,1H3,(H,31,33);2-8,11-13,16-17,22,26H,9-10,14-15H2,1H3,(H,27,28);3-4,6-7H,2,5H2;2-6H,1H3;1-2,5-6H,3-4,8H2;(H,6,7);;;. The van der Waals surface area contributed by atoms with E-state index in [4.69, 9.17) is 51.0 Å². The largest absolute Gasteiger partial charge is 0.490 e. The monoisotopic (exact) mass is 1460 g/mol. The van der Waals surface area contributed by atoms with Crippen LogP contribution in [0.4, 0.5) is 26.3 Å². The van der Waals surface area contributed by atoms with Crippen LogP contribution in [0.3, 0.4) is 0 Å². The number of alkyl halides is 6. The van der Waals surface area contributed by atoms with Crippen molar-refractivity contribution >= 4 is 48.4 Å². The van der Waals surface area contributed by atoms with Gasteiger partial charge in [-0.3, -0.25) is 49.1 Å². The van der Waals surface area contributed by atoms with E-state index in [0.29, 0.717) is 48.6 Å². The molecule has 556 valence electrons. The smallest absolute Gasteiger partial charge is 0.475 e. The summed E-state index contributed by atoms with van der Waals surface area (Å²) in [5, 5.41) is 16.3. The van der Waals surface area contributed by atoms with Gasteiger partial charge in [-0.25, -0.2) is 11.4 Å². The van der Waals surface area contributed by atoms with Crippen LogP contribution in [-0.4, -0.2) is 140 Å². The van der Waals surface area contributed by atoms with Crippen molar-refractivity contribution in [3.63, 3.8) is 0 Å². The van der Waals surface area contributed by atoms with Crippen LogP contribution in [0.25, 0.3) is 4.85 Å². The van der Waals surface area contributed by atoms with Crippen LogP contribution < -0.4 is 21.7 Å². The summed E-state index contributed by atoms with van der Waals surface area (Å²) in [5.41, 5.74) is 16.7. The molecule has 6 heterocycles. The molecule has 24 nitrogen and oxygen atoms in total. The van der Waals surface area contributed by atoms with Crippen molar-refractivity contribution in [2.75, 3.05) is 39.3 Å². The first kappa shape index (κ1) is 91.3. The summed E-state index contributed by atoms with van der Waals surface area (Å²) in [6.45, 7) is 14.8. The number of aromatic nitrogens is 6. The van der Waals surface area contributed by atoms with Crippen LogP contribution in [0.5, 0.6) is 0 Å². The van der Waals surface area contributed by atoms with Crippen LogP contribution in [0.2, 0.25) is 0 Å². The number of nitrogens with two attached hydrogens (primary N) is 1. The van der Waals surface area contributed by atoms with Gasteiger partial charge in [0.1, 0.15) is 18.4 Å². The number of pyridine rings is 6. The second-order valence-electron chi connectivity index (χ2n) is 21.6. The van der Waals surface area contributed by atoms with Gasteiger partial charge >= 0.3 is 42.7 Å². The summed E-state index contributed by atoms with van der Waals surface area (Å²) in [7, 11) is 0. The SMILES string of the molecule is Cc1cccc(C(C(=O)NCCc2ccncc2)N(CCc2cccnc2)C(=O)C(F)(F)F)c1.Cc1cccc(C(NCCc2cccnc2)C(=O)NCCc2ccncc2)c1.Cc1cccc(C=O)c1.NCCc1cccnc1.O=C(O)C(F)(F)F.O=C=O.O=C=O.O=C=O.[C-]#[N+]CCc1ccncc1. The van der Waals surface area contributed by atoms with Gasteiger partial charge in [-0.1, -0.05) is 102 Å². The summed E-state index contributed by atoms with van der Waals surface area (Å²) >= 11 is 0. The van der Waals surface area contributed by atoms with Crippen molar-refractivity contribution in [1.29, 1.82) is 0 Å². The molecule has 0 fully saturated rings. The minimum absolute atomic E-state index is 0.00848. The fourth-order valence-corrected chi connectivity index (χ4v) is 8.89. The third kappa shape index (κ3) is 41.9. The van der Waals surface area contributed by atoms with Crippen LogP contribution >= 0.6 is 0 Å². The van der Waals surface area contributed by atoms with E-state index in [1.165, 1.54) is 17.3 Å². The number of carbonyl (C=O) groups is 5. The fraction of sp³-hybridized carbons (Fsp3) is 0.250. The number of carboxylic acid groups (broad SMARTS) is 1. The first-order valence-electron chi connectivity index (χ1n) is 31.8. The maximum absolute atomic E-state index is 13.6. The molecule has 2 unspecified atom stereocenters. The molecule has 0 aliphatic rings. The van der Waals surface area contributed by atoms with Gasteiger partial charge in [-0.15, -0.1) is 0 Å². The van der Waals surface area contributed by atoms with Gasteiger partial charge in [-0.2, -0.15) is 55.1 Å². The third-order valence-corrected chi connectivity index (χ3v) is 13.7. The highest BCUT2D eigenvalue weighted by Crippen LogP contribution is 2.29. The Morgan fingerprint density at radius 2 is 0.887 bits per heavy atom. The first-order chi connectivity index (χ1) is 50.8. The molecule has 9 rings (SSSR count). The van der Waals surface area contributed by atoms with Gasteiger partial charge in [0.2, 0.25) is 18.4 Å². The average Bonchev–Trinajstić information content (AvgIpc) is 0.802. The van der Waals surface area contributed by atoms with Gasteiger partial charge in [0.05, 0.1) is 0 Å². The quantitative estimate of drug-likeness (QED) is 0.0226. The number of aliphatic carboxylic acids is 1. The number of aldehydes is 1.